The van der Waals surface area contributed by atoms with Gasteiger partial charge in [-0.1, -0.05) is 29.8 Å². The number of halogens is 1. The third-order valence-corrected chi connectivity index (χ3v) is 4.73. The summed E-state index contributed by atoms with van der Waals surface area (Å²) in [6, 6.07) is 12.8. The van der Waals surface area contributed by atoms with Crippen LogP contribution < -0.4 is 5.32 Å². The van der Waals surface area contributed by atoms with Crippen LogP contribution >= 0.6 is 23.4 Å². The molecule has 0 spiro atoms. The van der Waals surface area contributed by atoms with Crippen LogP contribution in [0.4, 0.5) is 5.69 Å². The van der Waals surface area contributed by atoms with Crippen molar-refractivity contribution in [3.8, 4) is 0 Å². The van der Waals surface area contributed by atoms with E-state index in [-0.39, 0.29) is 11.9 Å². The molecular formula is C19H20ClNO3S. The number of thioether (sulfide) groups is 1. The summed E-state index contributed by atoms with van der Waals surface area (Å²) in [7, 11) is 0. The van der Waals surface area contributed by atoms with Crippen molar-refractivity contribution < 1.29 is 14.3 Å². The van der Waals surface area contributed by atoms with E-state index in [1.807, 2.05) is 24.3 Å². The first-order chi connectivity index (χ1) is 12.0. The first kappa shape index (κ1) is 19.3. The van der Waals surface area contributed by atoms with Gasteiger partial charge in [0.2, 0.25) is 5.91 Å². The Hall–Kier alpha value is -1.98. The van der Waals surface area contributed by atoms with Gasteiger partial charge in [0.15, 0.2) is 0 Å². The number of anilines is 1. The van der Waals surface area contributed by atoms with Gasteiger partial charge in [-0.25, -0.2) is 4.79 Å². The molecule has 0 aromatic heterocycles. The number of amides is 1. The van der Waals surface area contributed by atoms with E-state index >= 15 is 0 Å². The maximum absolute atomic E-state index is 12.2. The van der Waals surface area contributed by atoms with E-state index in [0.717, 1.165) is 5.56 Å². The Morgan fingerprint density at radius 2 is 1.96 bits per heavy atom. The van der Waals surface area contributed by atoms with Crippen molar-refractivity contribution in [2.45, 2.75) is 19.6 Å². The molecule has 0 fully saturated rings. The average molecular weight is 378 g/mol. The highest BCUT2D eigenvalue weighted by Crippen LogP contribution is 2.21. The summed E-state index contributed by atoms with van der Waals surface area (Å²) in [5.74, 6) is 0.522. The van der Waals surface area contributed by atoms with Gasteiger partial charge in [-0.3, -0.25) is 4.79 Å². The van der Waals surface area contributed by atoms with Crippen LogP contribution in [0.2, 0.25) is 5.02 Å². The lowest BCUT2D eigenvalue weighted by Gasteiger charge is -2.12. The molecule has 1 N–H and O–H groups in total. The second-order valence-electron chi connectivity index (χ2n) is 5.37. The molecule has 0 bridgehead atoms. The Kier molecular flexibility index (Phi) is 7.34. The number of ether oxygens (including phenoxy) is 1. The highest BCUT2D eigenvalue weighted by atomic mass is 35.5. The topological polar surface area (TPSA) is 55.4 Å². The summed E-state index contributed by atoms with van der Waals surface area (Å²) in [5.41, 5.74) is 2.87. The van der Waals surface area contributed by atoms with Gasteiger partial charge in [-0.05, 0) is 49.2 Å². The number of carbonyl (C=O) groups excluding carboxylic acids is 2. The molecule has 0 aliphatic carbocycles. The smallest absolute Gasteiger partial charge is 0.338 e. The summed E-state index contributed by atoms with van der Waals surface area (Å²) >= 11 is 7.45. The Morgan fingerprint density at radius 3 is 2.68 bits per heavy atom. The average Bonchev–Trinajstić information content (AvgIpc) is 2.57. The lowest BCUT2D eigenvalue weighted by atomic mass is 10.1. The van der Waals surface area contributed by atoms with E-state index < -0.39 is 0 Å². The monoisotopic (exact) mass is 377 g/mol. The lowest BCUT2D eigenvalue weighted by Crippen LogP contribution is -2.16. The van der Waals surface area contributed by atoms with E-state index in [4.69, 9.17) is 16.3 Å². The number of esters is 1. The number of hydrogen-bond donors (Lipinski definition) is 1. The Labute approximate surface area is 156 Å². The molecule has 2 aromatic rings. The summed E-state index contributed by atoms with van der Waals surface area (Å²) in [6.07, 6.45) is 0. The fourth-order valence-corrected chi connectivity index (χ4v) is 3.26. The van der Waals surface area contributed by atoms with Crippen LogP contribution in [-0.4, -0.2) is 24.2 Å². The summed E-state index contributed by atoms with van der Waals surface area (Å²) < 4.78 is 5.03. The standard InChI is InChI=1S/C19H20ClNO3S/c1-3-24-19(23)16-8-5-9-17(13(16)2)21-18(22)12-25-11-14-6-4-7-15(20)10-14/h4-10H,3,11-12H2,1-2H3,(H,21,22). The SMILES string of the molecule is CCOC(=O)c1cccc(NC(=O)CSCc2cccc(Cl)c2)c1C. The first-order valence-electron chi connectivity index (χ1n) is 7.90. The molecule has 0 saturated heterocycles. The molecular weight excluding hydrogens is 358 g/mol. The van der Waals surface area contributed by atoms with Gasteiger partial charge in [0.1, 0.15) is 0 Å². The maximum Gasteiger partial charge on any atom is 0.338 e. The Bertz CT molecular complexity index is 764. The highest BCUT2D eigenvalue weighted by Gasteiger charge is 2.14. The van der Waals surface area contributed by atoms with Gasteiger partial charge in [0, 0.05) is 16.5 Å². The predicted molar refractivity (Wildman–Crippen MR) is 103 cm³/mol. The van der Waals surface area contributed by atoms with Crippen molar-refractivity contribution in [2.75, 3.05) is 17.7 Å². The van der Waals surface area contributed by atoms with Crippen LogP contribution in [0.1, 0.15) is 28.4 Å². The largest absolute Gasteiger partial charge is 0.462 e. The van der Waals surface area contributed by atoms with E-state index in [1.165, 1.54) is 11.8 Å². The van der Waals surface area contributed by atoms with Crippen molar-refractivity contribution in [1.82, 2.24) is 0 Å². The maximum atomic E-state index is 12.2. The molecule has 0 unspecified atom stereocenters. The molecule has 0 aliphatic rings. The molecule has 2 rings (SSSR count). The molecule has 0 saturated carbocycles. The van der Waals surface area contributed by atoms with E-state index in [9.17, 15) is 9.59 Å². The van der Waals surface area contributed by atoms with Gasteiger partial charge in [0.25, 0.3) is 0 Å². The van der Waals surface area contributed by atoms with Gasteiger partial charge in [-0.2, -0.15) is 0 Å². The van der Waals surface area contributed by atoms with Crippen LogP contribution in [0.3, 0.4) is 0 Å². The van der Waals surface area contributed by atoms with E-state index in [1.54, 1.807) is 32.0 Å². The number of carbonyl (C=O) groups is 2. The molecule has 0 atom stereocenters. The summed E-state index contributed by atoms with van der Waals surface area (Å²) in [5, 5.41) is 3.54. The fourth-order valence-electron chi connectivity index (χ4n) is 2.28. The Balaban J connectivity index is 1.92. The van der Waals surface area contributed by atoms with Gasteiger partial charge in [-0.15, -0.1) is 11.8 Å². The van der Waals surface area contributed by atoms with Gasteiger partial charge in [0.05, 0.1) is 17.9 Å². The second kappa shape index (κ2) is 9.49. The second-order valence-corrected chi connectivity index (χ2v) is 6.79. The zero-order valence-electron chi connectivity index (χ0n) is 14.2. The van der Waals surface area contributed by atoms with Crippen LogP contribution in [0.25, 0.3) is 0 Å². The minimum absolute atomic E-state index is 0.115. The highest BCUT2D eigenvalue weighted by molar-refractivity contribution is 7.99. The molecule has 0 radical (unpaired) electrons. The van der Waals surface area contributed by atoms with Crippen LogP contribution in [0.5, 0.6) is 0 Å². The Morgan fingerprint density at radius 1 is 1.20 bits per heavy atom. The lowest BCUT2D eigenvalue weighted by molar-refractivity contribution is -0.113. The molecule has 0 heterocycles. The number of nitrogens with one attached hydrogen (secondary N) is 1. The quantitative estimate of drug-likeness (QED) is 0.711. The van der Waals surface area contributed by atoms with Crippen LogP contribution in [-0.2, 0) is 15.3 Å². The van der Waals surface area contributed by atoms with Crippen molar-refractivity contribution >= 4 is 40.9 Å². The zero-order chi connectivity index (χ0) is 18.2. The van der Waals surface area contributed by atoms with Crippen molar-refractivity contribution in [3.05, 3.63) is 64.2 Å². The van der Waals surface area contributed by atoms with Gasteiger partial charge >= 0.3 is 5.97 Å². The van der Waals surface area contributed by atoms with Crippen LogP contribution in [0, 0.1) is 6.92 Å². The van der Waals surface area contributed by atoms with Crippen molar-refractivity contribution in [3.63, 3.8) is 0 Å². The summed E-state index contributed by atoms with van der Waals surface area (Å²) in [4.78, 5) is 24.1. The minimum atomic E-state index is -0.383. The first-order valence-corrected chi connectivity index (χ1v) is 9.43. The van der Waals surface area contributed by atoms with Crippen LogP contribution in [0.15, 0.2) is 42.5 Å². The molecule has 0 aliphatic heterocycles. The molecule has 1 amide bonds. The van der Waals surface area contributed by atoms with E-state index in [0.29, 0.717) is 39.9 Å². The predicted octanol–water partition coefficient (Wildman–Crippen LogP) is 4.70. The van der Waals surface area contributed by atoms with E-state index in [2.05, 4.69) is 5.32 Å². The minimum Gasteiger partial charge on any atom is -0.462 e. The molecule has 2 aromatic carbocycles. The number of hydrogen-bond acceptors (Lipinski definition) is 4. The third kappa shape index (κ3) is 5.80. The molecule has 4 nitrogen and oxygen atoms in total. The van der Waals surface area contributed by atoms with Crippen molar-refractivity contribution in [2.24, 2.45) is 0 Å². The molecule has 25 heavy (non-hydrogen) atoms. The van der Waals surface area contributed by atoms with Crippen molar-refractivity contribution in [1.29, 1.82) is 0 Å². The zero-order valence-corrected chi connectivity index (χ0v) is 15.7. The number of rotatable bonds is 7. The van der Waals surface area contributed by atoms with Gasteiger partial charge < -0.3 is 10.1 Å². The summed E-state index contributed by atoms with van der Waals surface area (Å²) in [6.45, 7) is 3.87. The third-order valence-electron chi connectivity index (χ3n) is 3.49. The molecule has 6 heteroatoms. The normalized spacial score (nSPS) is 10.4. The fraction of sp³-hybridized carbons (Fsp3) is 0.263. The number of benzene rings is 2. The molecule has 132 valence electrons.